The van der Waals surface area contributed by atoms with E-state index in [2.05, 4.69) is 33.5 Å². The summed E-state index contributed by atoms with van der Waals surface area (Å²) in [5, 5.41) is 20.5. The lowest BCUT2D eigenvalue weighted by atomic mass is 9.94. The van der Waals surface area contributed by atoms with Gasteiger partial charge in [-0.2, -0.15) is 0 Å². The molecule has 1 saturated carbocycles. The summed E-state index contributed by atoms with van der Waals surface area (Å²) < 4.78 is 5.89. The molecule has 7 nitrogen and oxygen atoms in total. The zero-order valence-corrected chi connectivity index (χ0v) is 23.0. The molecular formula is C32H40N4O3. The number of aromatic hydroxyl groups is 1. The van der Waals surface area contributed by atoms with Gasteiger partial charge in [-0.25, -0.2) is 0 Å². The van der Waals surface area contributed by atoms with Crippen molar-refractivity contribution < 1.29 is 9.63 Å². The lowest BCUT2D eigenvalue weighted by Gasteiger charge is -2.31. The Balaban J connectivity index is 1.10. The molecule has 1 fully saturated rings. The fourth-order valence-corrected chi connectivity index (χ4v) is 6.87. The van der Waals surface area contributed by atoms with Crippen LogP contribution in [0.3, 0.4) is 0 Å². The van der Waals surface area contributed by atoms with E-state index in [4.69, 9.17) is 4.52 Å². The average molecular weight is 529 g/mol. The number of pyridine rings is 1. The second-order valence-corrected chi connectivity index (χ2v) is 11.5. The van der Waals surface area contributed by atoms with Crippen LogP contribution in [0.5, 0.6) is 5.75 Å². The minimum atomic E-state index is -0.209. The third-order valence-corrected chi connectivity index (χ3v) is 8.97. The van der Waals surface area contributed by atoms with Crippen LogP contribution in [0.2, 0.25) is 0 Å². The Morgan fingerprint density at radius 3 is 2.77 bits per heavy atom. The van der Waals surface area contributed by atoms with Crippen molar-refractivity contribution in [3.8, 4) is 5.75 Å². The van der Waals surface area contributed by atoms with E-state index in [0.29, 0.717) is 5.52 Å². The Morgan fingerprint density at radius 2 is 1.90 bits per heavy atom. The van der Waals surface area contributed by atoms with Crippen LogP contribution in [0.15, 0.2) is 39.6 Å². The molecule has 2 aliphatic carbocycles. The van der Waals surface area contributed by atoms with Gasteiger partial charge >= 0.3 is 0 Å². The number of nitrogens with zero attached hydrogens (tertiary/aromatic N) is 2. The van der Waals surface area contributed by atoms with Gasteiger partial charge in [0.1, 0.15) is 5.75 Å². The molecule has 6 rings (SSSR count). The first-order valence-corrected chi connectivity index (χ1v) is 14.7. The first kappa shape index (κ1) is 26.1. The van der Waals surface area contributed by atoms with Gasteiger partial charge in [0, 0.05) is 29.4 Å². The van der Waals surface area contributed by atoms with Gasteiger partial charge in [0.05, 0.1) is 11.2 Å². The van der Waals surface area contributed by atoms with E-state index in [1.165, 1.54) is 66.7 Å². The first-order valence-electron chi connectivity index (χ1n) is 14.7. The predicted octanol–water partition coefficient (Wildman–Crippen LogP) is 5.39. The van der Waals surface area contributed by atoms with Crippen LogP contribution in [-0.4, -0.2) is 46.3 Å². The van der Waals surface area contributed by atoms with Gasteiger partial charge in [0.25, 0.3) is 0 Å². The zero-order chi connectivity index (χ0) is 26.8. The Bertz CT molecular complexity index is 1520. The second kappa shape index (κ2) is 11.5. The van der Waals surface area contributed by atoms with Gasteiger partial charge in [-0.05, 0) is 112 Å². The van der Waals surface area contributed by atoms with Crippen LogP contribution < -0.4 is 10.9 Å². The topological polar surface area (TPSA) is 94.4 Å². The molecule has 0 bridgehead atoms. The van der Waals surface area contributed by atoms with Crippen molar-refractivity contribution >= 4 is 21.9 Å². The lowest BCUT2D eigenvalue weighted by Crippen LogP contribution is -2.34. The van der Waals surface area contributed by atoms with E-state index in [1.807, 2.05) is 6.07 Å². The molecule has 2 aliphatic rings. The highest BCUT2D eigenvalue weighted by Crippen LogP contribution is 2.35. The van der Waals surface area contributed by atoms with Crippen molar-refractivity contribution in [1.29, 1.82) is 0 Å². The molecule has 3 N–H and O–H groups in total. The summed E-state index contributed by atoms with van der Waals surface area (Å²) in [5.74, 6) is 0.103. The third kappa shape index (κ3) is 5.48. The van der Waals surface area contributed by atoms with Gasteiger partial charge < -0.3 is 24.8 Å². The van der Waals surface area contributed by atoms with Gasteiger partial charge in [-0.1, -0.05) is 30.5 Å². The van der Waals surface area contributed by atoms with E-state index in [9.17, 15) is 9.90 Å². The molecule has 7 heteroatoms. The molecule has 0 spiro atoms. The normalized spacial score (nSPS) is 16.1. The number of fused-ring (bicyclic) bond motifs is 4. The number of H-pyrrole nitrogens is 1. The van der Waals surface area contributed by atoms with E-state index in [0.717, 1.165) is 80.0 Å². The largest absolute Gasteiger partial charge is 0.506 e. The number of benzene rings is 2. The van der Waals surface area contributed by atoms with Crippen molar-refractivity contribution in [3.63, 3.8) is 0 Å². The molecule has 0 radical (unpaired) electrons. The molecule has 0 unspecified atom stereocenters. The standard InChI is InChI=1S/C32H40N4O3/c1-36(23-7-3-2-4-8-23)18-6-11-27-31-26-10-5-9-24(26)22(19-29(31)39-35-27)20-33-17-16-21-12-14-28(37)32-25(21)13-15-30(38)34-32/h12-15,19,23,33,37H,2-11,16-18,20H2,1H3,(H,34,38). The first-order chi connectivity index (χ1) is 19.1. The molecular weight excluding hydrogens is 488 g/mol. The minimum absolute atomic E-state index is 0.103. The van der Waals surface area contributed by atoms with Crippen molar-refractivity contribution in [2.24, 2.45) is 0 Å². The van der Waals surface area contributed by atoms with Gasteiger partial charge in [0.2, 0.25) is 5.56 Å². The maximum atomic E-state index is 11.7. The summed E-state index contributed by atoms with van der Waals surface area (Å²) in [5.41, 5.74) is 7.70. The number of hydrogen-bond acceptors (Lipinski definition) is 6. The SMILES string of the molecule is CN(CCCc1noc2cc(CNCCc3ccc(O)c4[nH]c(=O)ccc34)c3c(c12)CCC3)C1CCCCC1. The summed E-state index contributed by atoms with van der Waals surface area (Å²) in [6.07, 6.45) is 13.2. The third-order valence-electron chi connectivity index (χ3n) is 8.97. The maximum Gasteiger partial charge on any atom is 0.248 e. The van der Waals surface area contributed by atoms with Gasteiger partial charge in [-0.3, -0.25) is 4.79 Å². The molecule has 0 aliphatic heterocycles. The highest BCUT2D eigenvalue weighted by molar-refractivity contribution is 5.87. The van der Waals surface area contributed by atoms with Crippen LogP contribution in [0.1, 0.15) is 72.9 Å². The molecule has 2 heterocycles. The van der Waals surface area contributed by atoms with Gasteiger partial charge in [-0.15, -0.1) is 0 Å². The van der Waals surface area contributed by atoms with Crippen molar-refractivity contribution in [3.05, 3.63) is 68.6 Å². The van der Waals surface area contributed by atoms with Crippen LogP contribution in [0, 0.1) is 0 Å². The number of aromatic amines is 1. The number of phenols is 1. The van der Waals surface area contributed by atoms with E-state index >= 15 is 0 Å². The Kier molecular flexibility index (Phi) is 7.71. The van der Waals surface area contributed by atoms with Crippen LogP contribution in [-0.2, 0) is 32.2 Å². The molecule has 2 aromatic carbocycles. The van der Waals surface area contributed by atoms with E-state index < -0.39 is 0 Å². The summed E-state index contributed by atoms with van der Waals surface area (Å²) >= 11 is 0. The molecule has 206 valence electrons. The predicted molar refractivity (Wildman–Crippen MR) is 156 cm³/mol. The second-order valence-electron chi connectivity index (χ2n) is 11.5. The van der Waals surface area contributed by atoms with Crippen molar-refractivity contribution in [1.82, 2.24) is 20.4 Å². The number of rotatable bonds is 10. The highest BCUT2D eigenvalue weighted by Gasteiger charge is 2.24. The molecule has 0 saturated heterocycles. The number of phenolic OH excluding ortho intramolecular Hbond substituents is 1. The fourth-order valence-electron chi connectivity index (χ4n) is 6.87. The summed E-state index contributed by atoms with van der Waals surface area (Å²) in [4.78, 5) is 17.0. The maximum absolute atomic E-state index is 11.7. The fraction of sp³-hybridized carbons (Fsp3) is 0.500. The van der Waals surface area contributed by atoms with Crippen LogP contribution in [0.4, 0.5) is 0 Å². The van der Waals surface area contributed by atoms with E-state index in [1.54, 1.807) is 12.1 Å². The smallest absolute Gasteiger partial charge is 0.248 e. The van der Waals surface area contributed by atoms with Crippen LogP contribution in [0.25, 0.3) is 21.9 Å². The number of hydrogen-bond donors (Lipinski definition) is 3. The van der Waals surface area contributed by atoms with Crippen molar-refractivity contribution in [2.75, 3.05) is 20.1 Å². The molecule has 39 heavy (non-hydrogen) atoms. The summed E-state index contributed by atoms with van der Waals surface area (Å²) in [6.45, 7) is 2.70. The quantitative estimate of drug-likeness (QED) is 0.239. The summed E-state index contributed by atoms with van der Waals surface area (Å²) in [6, 6.07) is 9.85. The number of aryl methyl sites for hydroxylation is 2. The van der Waals surface area contributed by atoms with Crippen molar-refractivity contribution in [2.45, 2.75) is 83.2 Å². The molecule has 4 aromatic rings. The monoisotopic (exact) mass is 528 g/mol. The molecule has 0 amide bonds. The lowest BCUT2D eigenvalue weighted by molar-refractivity contribution is 0.190. The van der Waals surface area contributed by atoms with Gasteiger partial charge in [0.15, 0.2) is 5.58 Å². The average Bonchev–Trinajstić information content (AvgIpc) is 3.60. The Morgan fingerprint density at radius 1 is 1.05 bits per heavy atom. The minimum Gasteiger partial charge on any atom is -0.506 e. The van der Waals surface area contributed by atoms with Crippen LogP contribution >= 0.6 is 0 Å². The zero-order valence-electron chi connectivity index (χ0n) is 23.0. The molecule has 2 aromatic heterocycles. The van der Waals surface area contributed by atoms with E-state index in [-0.39, 0.29) is 11.3 Å². The Labute approximate surface area is 229 Å². The Hall–Kier alpha value is -3.16. The summed E-state index contributed by atoms with van der Waals surface area (Å²) in [7, 11) is 2.29. The molecule has 0 atom stereocenters. The highest BCUT2D eigenvalue weighted by atomic mass is 16.5. The number of nitrogens with one attached hydrogen (secondary N) is 2. The number of aromatic nitrogens is 2.